The lowest BCUT2D eigenvalue weighted by Gasteiger charge is -2.40. The van der Waals surface area contributed by atoms with Gasteiger partial charge in [-0.15, -0.1) is 0 Å². The minimum absolute atomic E-state index is 0.304. The molecule has 1 heterocycles. The minimum Gasteiger partial charge on any atom is -0.340 e. The molecule has 116 valence electrons. The van der Waals surface area contributed by atoms with Crippen LogP contribution in [0.5, 0.6) is 0 Å². The van der Waals surface area contributed by atoms with Gasteiger partial charge in [-0.2, -0.15) is 0 Å². The van der Waals surface area contributed by atoms with Crippen molar-refractivity contribution in [3.8, 4) is 0 Å². The van der Waals surface area contributed by atoms with Gasteiger partial charge in [0, 0.05) is 19.1 Å². The average molecular weight is 288 g/mol. The van der Waals surface area contributed by atoms with Crippen LogP contribution in [0.15, 0.2) is 30.3 Å². The van der Waals surface area contributed by atoms with E-state index in [4.69, 9.17) is 0 Å². The number of benzene rings is 1. The van der Waals surface area contributed by atoms with Gasteiger partial charge in [0.15, 0.2) is 0 Å². The van der Waals surface area contributed by atoms with Crippen molar-refractivity contribution in [2.45, 2.75) is 51.0 Å². The zero-order valence-electron chi connectivity index (χ0n) is 13.6. The zero-order chi connectivity index (χ0) is 15.3. The molecule has 0 radical (unpaired) electrons. The SMILES string of the molecule is CCC(CC)(C(=O)N1CCCC(NC)C1)c1ccccc1. The molecular weight excluding hydrogens is 260 g/mol. The summed E-state index contributed by atoms with van der Waals surface area (Å²) in [6.07, 6.45) is 3.96. The molecule has 3 nitrogen and oxygen atoms in total. The number of hydrogen-bond acceptors (Lipinski definition) is 2. The molecule has 1 N–H and O–H groups in total. The fraction of sp³-hybridized carbons (Fsp3) is 0.611. The van der Waals surface area contributed by atoms with Crippen molar-refractivity contribution in [3.63, 3.8) is 0 Å². The van der Waals surface area contributed by atoms with Gasteiger partial charge in [-0.3, -0.25) is 4.79 Å². The maximum atomic E-state index is 13.2. The molecule has 21 heavy (non-hydrogen) atoms. The molecule has 0 aliphatic carbocycles. The molecule has 1 aliphatic heterocycles. The van der Waals surface area contributed by atoms with Crippen molar-refractivity contribution < 1.29 is 4.79 Å². The van der Waals surface area contributed by atoms with E-state index < -0.39 is 0 Å². The maximum absolute atomic E-state index is 13.2. The van der Waals surface area contributed by atoms with Crippen molar-refractivity contribution in [2.24, 2.45) is 0 Å². The number of piperidine rings is 1. The highest BCUT2D eigenvalue weighted by molar-refractivity contribution is 5.88. The van der Waals surface area contributed by atoms with Crippen molar-refractivity contribution in [2.75, 3.05) is 20.1 Å². The fourth-order valence-corrected chi connectivity index (χ4v) is 3.54. The molecule has 1 unspecified atom stereocenters. The second-order valence-corrected chi connectivity index (χ2v) is 6.03. The minimum atomic E-state index is -0.364. The predicted octanol–water partition coefficient (Wildman–Crippen LogP) is 2.95. The van der Waals surface area contributed by atoms with E-state index in [1.165, 1.54) is 0 Å². The van der Waals surface area contributed by atoms with Crippen LogP contribution in [0.25, 0.3) is 0 Å². The van der Waals surface area contributed by atoms with Gasteiger partial charge < -0.3 is 10.2 Å². The molecule has 1 aromatic rings. The molecule has 2 rings (SSSR count). The molecule has 3 heteroatoms. The lowest BCUT2D eigenvalue weighted by Crippen LogP contribution is -2.53. The van der Waals surface area contributed by atoms with Gasteiger partial charge in [0.25, 0.3) is 0 Å². The summed E-state index contributed by atoms with van der Waals surface area (Å²) in [4.78, 5) is 15.3. The van der Waals surface area contributed by atoms with E-state index in [1.807, 2.05) is 25.2 Å². The zero-order valence-corrected chi connectivity index (χ0v) is 13.6. The van der Waals surface area contributed by atoms with Gasteiger partial charge in [-0.05, 0) is 38.3 Å². The van der Waals surface area contributed by atoms with Gasteiger partial charge in [0.1, 0.15) is 0 Å². The van der Waals surface area contributed by atoms with Crippen molar-refractivity contribution in [1.29, 1.82) is 0 Å². The maximum Gasteiger partial charge on any atom is 0.233 e. The van der Waals surface area contributed by atoms with Crippen LogP contribution in [0.2, 0.25) is 0 Å². The van der Waals surface area contributed by atoms with Crippen LogP contribution in [-0.4, -0.2) is 37.0 Å². The molecule has 1 aromatic carbocycles. The van der Waals surface area contributed by atoms with Crippen molar-refractivity contribution in [1.82, 2.24) is 10.2 Å². The molecule has 1 atom stereocenters. The van der Waals surface area contributed by atoms with E-state index in [-0.39, 0.29) is 5.41 Å². The van der Waals surface area contributed by atoms with Crippen molar-refractivity contribution >= 4 is 5.91 Å². The summed E-state index contributed by atoms with van der Waals surface area (Å²) < 4.78 is 0. The quantitative estimate of drug-likeness (QED) is 0.903. The number of likely N-dealkylation sites (tertiary alicyclic amines) is 1. The summed E-state index contributed by atoms with van der Waals surface area (Å²) in [5, 5.41) is 3.32. The van der Waals surface area contributed by atoms with E-state index in [0.717, 1.165) is 44.3 Å². The molecule has 0 aromatic heterocycles. The lowest BCUT2D eigenvalue weighted by atomic mass is 9.74. The Morgan fingerprint density at radius 3 is 2.52 bits per heavy atom. The van der Waals surface area contributed by atoms with Crippen molar-refractivity contribution in [3.05, 3.63) is 35.9 Å². The van der Waals surface area contributed by atoms with Crippen LogP contribution in [0.1, 0.15) is 45.1 Å². The molecule has 0 spiro atoms. The Morgan fingerprint density at radius 2 is 1.95 bits per heavy atom. The summed E-state index contributed by atoms with van der Waals surface area (Å²) in [6.45, 7) is 6.00. The molecule has 1 fully saturated rings. The van der Waals surface area contributed by atoms with E-state index in [1.54, 1.807) is 0 Å². The molecular formula is C18H28N2O. The summed E-state index contributed by atoms with van der Waals surface area (Å²) in [5.41, 5.74) is 0.795. The summed E-state index contributed by atoms with van der Waals surface area (Å²) >= 11 is 0. The monoisotopic (exact) mass is 288 g/mol. The van der Waals surface area contributed by atoms with Crippen LogP contribution in [0.4, 0.5) is 0 Å². The first-order valence-corrected chi connectivity index (χ1v) is 8.20. The van der Waals surface area contributed by atoms with Gasteiger partial charge >= 0.3 is 0 Å². The number of nitrogens with one attached hydrogen (secondary N) is 1. The third kappa shape index (κ3) is 3.13. The first-order chi connectivity index (χ1) is 10.2. The Balaban J connectivity index is 2.27. The number of rotatable bonds is 5. The van der Waals surface area contributed by atoms with Crippen LogP contribution in [0, 0.1) is 0 Å². The smallest absolute Gasteiger partial charge is 0.233 e. The summed E-state index contributed by atoms with van der Waals surface area (Å²) in [6, 6.07) is 10.7. The van der Waals surface area contributed by atoms with Crippen LogP contribution in [-0.2, 0) is 10.2 Å². The Bertz CT molecular complexity index is 454. The van der Waals surface area contributed by atoms with Gasteiger partial charge in [0.05, 0.1) is 5.41 Å². The highest BCUT2D eigenvalue weighted by Crippen LogP contribution is 2.34. The fourth-order valence-electron chi connectivity index (χ4n) is 3.54. The Kier molecular flexibility index (Phi) is 5.40. The molecule has 0 saturated carbocycles. The Hall–Kier alpha value is -1.35. The summed E-state index contributed by atoms with van der Waals surface area (Å²) in [7, 11) is 1.99. The number of nitrogens with zero attached hydrogens (tertiary/aromatic N) is 1. The standard InChI is InChI=1S/C18H28N2O/c1-4-18(5-2,15-10-7-6-8-11-15)17(21)20-13-9-12-16(14-20)19-3/h6-8,10-11,16,19H,4-5,9,12-14H2,1-3H3. The Morgan fingerprint density at radius 1 is 1.29 bits per heavy atom. The molecule has 1 saturated heterocycles. The largest absolute Gasteiger partial charge is 0.340 e. The average Bonchev–Trinajstić information content (AvgIpc) is 2.57. The normalized spacial score (nSPS) is 19.6. The van der Waals surface area contributed by atoms with Gasteiger partial charge in [-0.25, -0.2) is 0 Å². The third-order valence-electron chi connectivity index (χ3n) is 5.06. The highest BCUT2D eigenvalue weighted by Gasteiger charge is 2.40. The predicted molar refractivity (Wildman–Crippen MR) is 87.4 cm³/mol. The number of amides is 1. The molecule has 1 amide bonds. The summed E-state index contributed by atoms with van der Waals surface area (Å²) in [5.74, 6) is 0.304. The first-order valence-electron chi connectivity index (χ1n) is 8.20. The number of likely N-dealkylation sites (N-methyl/N-ethyl adjacent to an activating group) is 1. The lowest BCUT2D eigenvalue weighted by molar-refractivity contribution is -0.139. The van der Waals surface area contributed by atoms with Crippen LogP contribution < -0.4 is 5.32 Å². The second-order valence-electron chi connectivity index (χ2n) is 6.03. The van der Waals surface area contributed by atoms with Crippen LogP contribution >= 0.6 is 0 Å². The van der Waals surface area contributed by atoms with Gasteiger partial charge in [0.2, 0.25) is 5.91 Å². The second kappa shape index (κ2) is 7.08. The number of carbonyl (C=O) groups is 1. The first kappa shape index (κ1) is 16.0. The van der Waals surface area contributed by atoms with Gasteiger partial charge in [-0.1, -0.05) is 44.2 Å². The van der Waals surface area contributed by atoms with E-state index in [2.05, 4.69) is 36.2 Å². The van der Waals surface area contributed by atoms with E-state index in [0.29, 0.717) is 11.9 Å². The molecule has 0 bridgehead atoms. The third-order valence-corrected chi connectivity index (χ3v) is 5.06. The van der Waals surface area contributed by atoms with Crippen LogP contribution in [0.3, 0.4) is 0 Å². The van der Waals surface area contributed by atoms with E-state index in [9.17, 15) is 4.79 Å². The number of carbonyl (C=O) groups excluding carboxylic acids is 1. The van der Waals surface area contributed by atoms with E-state index >= 15 is 0 Å². The highest BCUT2D eigenvalue weighted by atomic mass is 16.2. The number of hydrogen-bond donors (Lipinski definition) is 1. The Labute approximate surface area is 128 Å². The molecule has 1 aliphatic rings. The topological polar surface area (TPSA) is 32.3 Å².